The van der Waals surface area contributed by atoms with E-state index in [0.717, 1.165) is 37.9 Å². The predicted molar refractivity (Wildman–Crippen MR) is 105 cm³/mol. The van der Waals surface area contributed by atoms with Crippen molar-refractivity contribution in [3.8, 4) is 0 Å². The molecule has 0 saturated heterocycles. The number of guanidine groups is 1. The van der Waals surface area contributed by atoms with Crippen LogP contribution >= 0.6 is 0 Å². The number of benzene rings is 1. The van der Waals surface area contributed by atoms with Crippen LogP contribution in [0.2, 0.25) is 0 Å². The largest absolute Gasteiger partial charge is 0.364 e. The van der Waals surface area contributed by atoms with Gasteiger partial charge in [-0.05, 0) is 43.4 Å². The van der Waals surface area contributed by atoms with Crippen molar-refractivity contribution in [2.75, 3.05) is 25.0 Å². The maximum absolute atomic E-state index is 4.34. The van der Waals surface area contributed by atoms with E-state index in [9.17, 15) is 0 Å². The molecule has 1 aromatic rings. The number of rotatable bonds is 7. The minimum absolute atomic E-state index is 0.431. The van der Waals surface area contributed by atoms with Crippen molar-refractivity contribution < 1.29 is 0 Å². The molecule has 4 heteroatoms. The molecule has 1 aliphatic rings. The van der Waals surface area contributed by atoms with Gasteiger partial charge in [0.25, 0.3) is 0 Å². The van der Waals surface area contributed by atoms with Crippen LogP contribution in [0.1, 0.15) is 39.2 Å². The Labute approximate surface area is 147 Å². The second kappa shape index (κ2) is 9.36. The average Bonchev–Trinajstić information content (AvgIpc) is 3.11. The van der Waals surface area contributed by atoms with E-state index in [1.807, 2.05) is 7.05 Å². The Bertz CT molecular complexity index is 555. The fourth-order valence-electron chi connectivity index (χ4n) is 2.82. The maximum Gasteiger partial charge on any atom is 0.191 e. The normalized spacial score (nSPS) is 15.9. The summed E-state index contributed by atoms with van der Waals surface area (Å²) in [5, 5.41) is 6.91. The van der Waals surface area contributed by atoms with Gasteiger partial charge in [0.1, 0.15) is 0 Å². The van der Waals surface area contributed by atoms with Crippen molar-refractivity contribution >= 4 is 11.6 Å². The summed E-state index contributed by atoms with van der Waals surface area (Å²) in [4.78, 5) is 6.71. The highest BCUT2D eigenvalue weighted by Gasteiger charge is 2.09. The SMILES string of the molecule is CN=C(NCc1cccc(N2CC=CC2)c1)NC(C)CCC(C)C. The summed E-state index contributed by atoms with van der Waals surface area (Å²) >= 11 is 0. The van der Waals surface area contributed by atoms with Crippen LogP contribution in [0, 0.1) is 5.92 Å². The molecule has 1 aliphatic heterocycles. The van der Waals surface area contributed by atoms with E-state index < -0.39 is 0 Å². The van der Waals surface area contributed by atoms with Crippen molar-refractivity contribution in [3.05, 3.63) is 42.0 Å². The first-order valence-corrected chi connectivity index (χ1v) is 9.04. The first kappa shape index (κ1) is 18.4. The molecular weight excluding hydrogens is 296 g/mol. The molecule has 1 heterocycles. The summed E-state index contributed by atoms with van der Waals surface area (Å²) in [6, 6.07) is 9.16. The van der Waals surface area contributed by atoms with Gasteiger partial charge in [0.2, 0.25) is 0 Å². The summed E-state index contributed by atoms with van der Waals surface area (Å²) < 4.78 is 0. The van der Waals surface area contributed by atoms with Crippen molar-refractivity contribution in [3.63, 3.8) is 0 Å². The molecule has 0 aromatic heterocycles. The van der Waals surface area contributed by atoms with Crippen LogP contribution in [0.15, 0.2) is 41.4 Å². The van der Waals surface area contributed by atoms with Crippen LogP contribution in [0.3, 0.4) is 0 Å². The van der Waals surface area contributed by atoms with Gasteiger partial charge in [0.15, 0.2) is 5.96 Å². The van der Waals surface area contributed by atoms with Crippen molar-refractivity contribution in [2.45, 2.75) is 46.2 Å². The van der Waals surface area contributed by atoms with Crippen LogP contribution in [0.4, 0.5) is 5.69 Å². The molecule has 1 atom stereocenters. The van der Waals surface area contributed by atoms with E-state index in [2.05, 4.69) is 77.7 Å². The Balaban J connectivity index is 1.83. The second-order valence-electron chi connectivity index (χ2n) is 6.99. The number of hydrogen-bond acceptors (Lipinski definition) is 2. The lowest BCUT2D eigenvalue weighted by Gasteiger charge is -2.20. The maximum atomic E-state index is 4.34. The van der Waals surface area contributed by atoms with Crippen molar-refractivity contribution in [2.24, 2.45) is 10.9 Å². The molecule has 0 amide bonds. The van der Waals surface area contributed by atoms with Gasteiger partial charge in [0, 0.05) is 38.4 Å². The minimum Gasteiger partial charge on any atom is -0.364 e. The molecule has 0 radical (unpaired) electrons. The molecule has 0 spiro atoms. The van der Waals surface area contributed by atoms with Gasteiger partial charge in [-0.15, -0.1) is 0 Å². The van der Waals surface area contributed by atoms with Crippen molar-refractivity contribution in [1.29, 1.82) is 0 Å². The fourth-order valence-corrected chi connectivity index (χ4v) is 2.82. The lowest BCUT2D eigenvalue weighted by molar-refractivity contribution is 0.489. The molecule has 2 rings (SSSR count). The standard InChI is InChI=1S/C20H32N4/c1-16(2)10-11-17(3)23-20(21-4)22-15-18-8-7-9-19(14-18)24-12-5-6-13-24/h5-9,14,16-17H,10-13,15H2,1-4H3,(H2,21,22,23). The van der Waals surface area contributed by atoms with Crippen LogP contribution in [-0.2, 0) is 6.54 Å². The highest BCUT2D eigenvalue weighted by molar-refractivity contribution is 5.79. The molecule has 24 heavy (non-hydrogen) atoms. The van der Waals surface area contributed by atoms with Crippen LogP contribution < -0.4 is 15.5 Å². The smallest absolute Gasteiger partial charge is 0.191 e. The van der Waals surface area contributed by atoms with E-state index >= 15 is 0 Å². The topological polar surface area (TPSA) is 39.7 Å². The minimum atomic E-state index is 0.431. The van der Waals surface area contributed by atoms with Crippen LogP contribution in [0.5, 0.6) is 0 Å². The lowest BCUT2D eigenvalue weighted by atomic mass is 10.0. The zero-order valence-corrected chi connectivity index (χ0v) is 15.5. The molecule has 132 valence electrons. The summed E-state index contributed by atoms with van der Waals surface area (Å²) in [5.41, 5.74) is 2.56. The molecule has 0 fully saturated rings. The van der Waals surface area contributed by atoms with Crippen molar-refractivity contribution in [1.82, 2.24) is 10.6 Å². The number of nitrogens with zero attached hydrogens (tertiary/aromatic N) is 2. The Morgan fingerprint density at radius 3 is 2.58 bits per heavy atom. The zero-order chi connectivity index (χ0) is 17.4. The molecule has 0 saturated carbocycles. The predicted octanol–water partition coefficient (Wildman–Crippen LogP) is 3.55. The number of hydrogen-bond donors (Lipinski definition) is 2. The zero-order valence-electron chi connectivity index (χ0n) is 15.5. The molecule has 0 bridgehead atoms. The molecule has 0 aliphatic carbocycles. The third-order valence-corrected chi connectivity index (χ3v) is 4.34. The number of anilines is 1. The number of aliphatic imine (C=N–C) groups is 1. The summed E-state index contributed by atoms with van der Waals surface area (Å²) in [5.74, 6) is 1.62. The Hall–Kier alpha value is -1.97. The molecule has 1 unspecified atom stereocenters. The van der Waals surface area contributed by atoms with Gasteiger partial charge in [-0.1, -0.05) is 38.1 Å². The third-order valence-electron chi connectivity index (χ3n) is 4.34. The number of nitrogens with one attached hydrogen (secondary N) is 2. The second-order valence-corrected chi connectivity index (χ2v) is 6.99. The lowest BCUT2D eigenvalue weighted by Crippen LogP contribution is -2.41. The molecule has 2 N–H and O–H groups in total. The van der Waals surface area contributed by atoms with E-state index in [1.165, 1.54) is 17.7 Å². The van der Waals surface area contributed by atoms with E-state index in [0.29, 0.717) is 6.04 Å². The average molecular weight is 329 g/mol. The van der Waals surface area contributed by atoms with Crippen LogP contribution in [0.25, 0.3) is 0 Å². The molecule has 1 aromatic carbocycles. The van der Waals surface area contributed by atoms with Gasteiger partial charge < -0.3 is 15.5 Å². The van der Waals surface area contributed by atoms with Gasteiger partial charge in [-0.25, -0.2) is 0 Å². The van der Waals surface area contributed by atoms with Gasteiger partial charge in [-0.3, -0.25) is 4.99 Å². The summed E-state index contributed by atoms with van der Waals surface area (Å²) in [6.07, 6.45) is 6.83. The Morgan fingerprint density at radius 2 is 1.92 bits per heavy atom. The quantitative estimate of drug-likeness (QED) is 0.457. The summed E-state index contributed by atoms with van der Waals surface area (Å²) in [7, 11) is 1.83. The van der Waals surface area contributed by atoms with E-state index in [4.69, 9.17) is 0 Å². The molecule has 4 nitrogen and oxygen atoms in total. The van der Waals surface area contributed by atoms with Gasteiger partial charge in [0.05, 0.1) is 0 Å². The Kier molecular flexibility index (Phi) is 7.16. The van der Waals surface area contributed by atoms with Gasteiger partial charge >= 0.3 is 0 Å². The van der Waals surface area contributed by atoms with E-state index in [-0.39, 0.29) is 0 Å². The first-order chi connectivity index (χ1) is 11.6. The summed E-state index contributed by atoms with van der Waals surface area (Å²) in [6.45, 7) is 9.55. The van der Waals surface area contributed by atoms with E-state index in [1.54, 1.807) is 0 Å². The third kappa shape index (κ3) is 5.91. The highest BCUT2D eigenvalue weighted by Crippen LogP contribution is 2.18. The monoisotopic (exact) mass is 328 g/mol. The van der Waals surface area contributed by atoms with Gasteiger partial charge in [-0.2, -0.15) is 0 Å². The first-order valence-electron chi connectivity index (χ1n) is 9.04. The fraction of sp³-hybridized carbons (Fsp3) is 0.550. The van der Waals surface area contributed by atoms with Crippen LogP contribution in [-0.4, -0.2) is 32.1 Å². The highest BCUT2D eigenvalue weighted by atomic mass is 15.2. The Morgan fingerprint density at radius 1 is 1.17 bits per heavy atom. The molecular formula is C20H32N4.